The van der Waals surface area contributed by atoms with E-state index in [-0.39, 0.29) is 11.1 Å². The predicted octanol–water partition coefficient (Wildman–Crippen LogP) is 3.47. The van der Waals surface area contributed by atoms with E-state index in [9.17, 15) is 18.0 Å². The number of hydrogen-bond donors (Lipinski definition) is 3. The first-order valence-corrected chi connectivity index (χ1v) is 11.9. The van der Waals surface area contributed by atoms with Crippen LogP contribution in [0.2, 0.25) is 0 Å². The van der Waals surface area contributed by atoms with Crippen molar-refractivity contribution in [1.29, 1.82) is 0 Å². The lowest BCUT2D eigenvalue weighted by Gasteiger charge is -2.37. The molecular weight excluding hydrogens is 499 g/mol. The molecule has 1 aromatic carbocycles. The van der Waals surface area contributed by atoms with Crippen molar-refractivity contribution in [2.75, 3.05) is 23.3 Å². The maximum atomic E-state index is 14.2. The van der Waals surface area contributed by atoms with Gasteiger partial charge in [0.15, 0.2) is 17.2 Å². The lowest BCUT2D eigenvalue weighted by atomic mass is 10.1. The van der Waals surface area contributed by atoms with Crippen LogP contribution in [0, 0.1) is 0 Å². The number of primary amides is 1. The number of halogens is 3. The maximum absolute atomic E-state index is 14.2. The van der Waals surface area contributed by atoms with Crippen molar-refractivity contribution in [1.82, 2.24) is 29.8 Å². The van der Waals surface area contributed by atoms with E-state index in [1.54, 1.807) is 23.7 Å². The number of anilines is 3. The van der Waals surface area contributed by atoms with Crippen molar-refractivity contribution in [3.05, 3.63) is 54.4 Å². The second-order valence-electron chi connectivity index (χ2n) is 9.44. The van der Waals surface area contributed by atoms with Crippen LogP contribution in [0.4, 0.5) is 30.4 Å². The molecule has 4 heterocycles. The molecule has 1 saturated heterocycles. The van der Waals surface area contributed by atoms with E-state index in [1.165, 1.54) is 18.7 Å². The van der Waals surface area contributed by atoms with E-state index in [0.717, 1.165) is 18.8 Å². The lowest BCUT2D eigenvalue weighted by Crippen LogP contribution is -2.54. The van der Waals surface area contributed by atoms with Crippen molar-refractivity contribution in [2.45, 2.75) is 32.1 Å². The minimum absolute atomic E-state index is 0.0131. The Morgan fingerprint density at radius 3 is 2.42 bits per heavy atom. The van der Waals surface area contributed by atoms with Crippen LogP contribution >= 0.6 is 0 Å². The number of nitrogens with zero attached hydrogens (tertiary/aromatic N) is 6. The van der Waals surface area contributed by atoms with Crippen LogP contribution in [-0.2, 0) is 13.2 Å². The summed E-state index contributed by atoms with van der Waals surface area (Å²) >= 11 is 0. The number of hydrogen-bond acceptors (Lipinski definition) is 8. The third-order valence-electron chi connectivity index (χ3n) is 6.34. The van der Waals surface area contributed by atoms with E-state index in [2.05, 4.69) is 49.3 Å². The summed E-state index contributed by atoms with van der Waals surface area (Å²) in [5, 5.41) is 6.26. The fourth-order valence-electron chi connectivity index (χ4n) is 4.73. The average molecular weight is 526 g/mol. The van der Waals surface area contributed by atoms with Gasteiger partial charge < -0.3 is 25.8 Å². The van der Waals surface area contributed by atoms with Gasteiger partial charge in [-0.25, -0.2) is 15.0 Å². The molecule has 198 valence electrons. The molecule has 0 spiro atoms. The normalized spacial score (nSPS) is 18.1. The Morgan fingerprint density at radius 1 is 1.11 bits per heavy atom. The van der Waals surface area contributed by atoms with Gasteiger partial charge in [0.1, 0.15) is 11.2 Å². The highest BCUT2D eigenvalue weighted by atomic mass is 19.4. The van der Waals surface area contributed by atoms with Gasteiger partial charge in [0.25, 0.3) is 5.91 Å². The largest absolute Gasteiger partial charge is 0.435 e. The Kier molecular flexibility index (Phi) is 6.39. The van der Waals surface area contributed by atoms with Crippen molar-refractivity contribution in [3.8, 4) is 11.3 Å². The molecular formula is C25H26F3N9O. The molecule has 2 unspecified atom stereocenters. The molecule has 5 rings (SSSR count). The van der Waals surface area contributed by atoms with E-state index < -0.39 is 35.0 Å². The monoisotopic (exact) mass is 525 g/mol. The van der Waals surface area contributed by atoms with Crippen LogP contribution in [0.3, 0.4) is 0 Å². The van der Waals surface area contributed by atoms with Crippen LogP contribution in [0.15, 0.2) is 43.0 Å². The summed E-state index contributed by atoms with van der Waals surface area (Å²) in [7, 11) is 1.69. The molecule has 3 aromatic heterocycles. The molecule has 13 heteroatoms. The van der Waals surface area contributed by atoms with Gasteiger partial charge in [0.05, 0.1) is 18.0 Å². The fourth-order valence-corrected chi connectivity index (χ4v) is 4.73. The molecule has 0 aliphatic carbocycles. The molecule has 1 fully saturated rings. The fraction of sp³-hybridized carbons (Fsp3) is 0.320. The highest BCUT2D eigenvalue weighted by molar-refractivity contribution is 5.98. The molecule has 0 bridgehead atoms. The minimum Gasteiger partial charge on any atom is -0.368 e. The number of piperazine rings is 1. The molecule has 10 nitrogen and oxygen atoms in total. The quantitative estimate of drug-likeness (QED) is 0.362. The summed E-state index contributed by atoms with van der Waals surface area (Å²) < 4.78 is 44.2. The molecule has 0 radical (unpaired) electrons. The third-order valence-corrected chi connectivity index (χ3v) is 6.34. The summed E-state index contributed by atoms with van der Waals surface area (Å²) in [5.74, 6) is -1.43. The molecule has 1 aliphatic heterocycles. The van der Waals surface area contributed by atoms with Gasteiger partial charge in [0, 0.05) is 55.4 Å². The highest BCUT2D eigenvalue weighted by Crippen LogP contribution is 2.38. The topological polar surface area (TPSA) is 127 Å². The summed E-state index contributed by atoms with van der Waals surface area (Å²) in [4.78, 5) is 30.6. The second-order valence-corrected chi connectivity index (χ2v) is 9.44. The number of alkyl halides is 3. The number of fused-ring (bicyclic) bond motifs is 1. The number of aryl methyl sites for hydroxylation is 1. The molecule has 1 aliphatic rings. The summed E-state index contributed by atoms with van der Waals surface area (Å²) in [6.07, 6.45) is -0.746. The second kappa shape index (κ2) is 9.56. The van der Waals surface area contributed by atoms with E-state index >= 15 is 0 Å². The van der Waals surface area contributed by atoms with Crippen LogP contribution in [-0.4, -0.2) is 55.6 Å². The zero-order valence-corrected chi connectivity index (χ0v) is 20.9. The van der Waals surface area contributed by atoms with Gasteiger partial charge in [-0.2, -0.15) is 13.2 Å². The number of benzene rings is 1. The van der Waals surface area contributed by atoms with Gasteiger partial charge in [-0.15, -0.1) is 0 Å². The number of nitrogens with one attached hydrogen (secondary N) is 2. The average Bonchev–Trinajstić information content (AvgIpc) is 3.24. The Morgan fingerprint density at radius 2 is 1.79 bits per heavy atom. The SMILES string of the molecule is CC1CN(c2ccc(Nc3nc(C(F)(F)F)c(-c4cncc5c4ncn5C)nc3C(N)=O)cc2)CC(C)N1. The van der Waals surface area contributed by atoms with Crippen molar-refractivity contribution in [2.24, 2.45) is 12.8 Å². The minimum atomic E-state index is -4.88. The Hall–Kier alpha value is -4.26. The lowest BCUT2D eigenvalue weighted by molar-refractivity contribution is -0.140. The van der Waals surface area contributed by atoms with Crippen LogP contribution in [0.5, 0.6) is 0 Å². The summed E-state index contributed by atoms with van der Waals surface area (Å²) in [5.41, 5.74) is 5.35. The standard InChI is InChI=1S/C25H26F3N9O/c1-13-10-37(11-14(2)32-13)16-6-4-15(5-7-16)33-24-21(23(29)38)34-20(22(35-24)25(26,27)28)17-8-30-9-18-19(17)31-12-36(18)3/h4-9,12-14,32H,10-11H2,1-3H3,(H2,29,38)(H,33,35). The van der Waals surface area contributed by atoms with Gasteiger partial charge in [-0.1, -0.05) is 0 Å². The molecule has 4 aromatic rings. The Bertz CT molecular complexity index is 1490. The van der Waals surface area contributed by atoms with Crippen LogP contribution in [0.25, 0.3) is 22.3 Å². The number of amides is 1. The number of carbonyl (C=O) groups is 1. The van der Waals surface area contributed by atoms with Crippen LogP contribution < -0.4 is 21.3 Å². The van der Waals surface area contributed by atoms with Gasteiger partial charge in [-0.05, 0) is 38.1 Å². The summed E-state index contributed by atoms with van der Waals surface area (Å²) in [6.45, 7) is 5.86. The van der Waals surface area contributed by atoms with Gasteiger partial charge >= 0.3 is 6.18 Å². The highest BCUT2D eigenvalue weighted by Gasteiger charge is 2.39. The number of aromatic nitrogens is 5. The van der Waals surface area contributed by atoms with E-state index in [1.807, 2.05) is 12.1 Å². The summed E-state index contributed by atoms with van der Waals surface area (Å²) in [6, 6.07) is 7.76. The molecule has 4 N–H and O–H groups in total. The number of pyridine rings is 1. The van der Waals surface area contributed by atoms with Crippen LogP contribution in [0.1, 0.15) is 30.0 Å². The first kappa shape index (κ1) is 25.4. The predicted molar refractivity (Wildman–Crippen MR) is 137 cm³/mol. The zero-order chi connectivity index (χ0) is 27.2. The number of nitrogens with two attached hydrogens (primary N) is 1. The third kappa shape index (κ3) is 4.84. The number of rotatable bonds is 5. The Labute approximate surface area is 216 Å². The molecule has 0 saturated carbocycles. The molecule has 38 heavy (non-hydrogen) atoms. The number of imidazole rings is 1. The smallest absolute Gasteiger partial charge is 0.368 e. The number of carbonyl (C=O) groups excluding carboxylic acids is 1. The van der Waals surface area contributed by atoms with Gasteiger partial charge in [0.2, 0.25) is 0 Å². The van der Waals surface area contributed by atoms with Crippen molar-refractivity contribution in [3.63, 3.8) is 0 Å². The first-order valence-electron chi connectivity index (χ1n) is 11.9. The molecule has 2 atom stereocenters. The maximum Gasteiger partial charge on any atom is 0.435 e. The Balaban J connectivity index is 1.54. The van der Waals surface area contributed by atoms with E-state index in [0.29, 0.717) is 23.3 Å². The zero-order valence-electron chi connectivity index (χ0n) is 20.9. The van der Waals surface area contributed by atoms with E-state index in [4.69, 9.17) is 5.73 Å². The van der Waals surface area contributed by atoms with Crippen molar-refractivity contribution < 1.29 is 18.0 Å². The molecule has 1 amide bonds. The first-order chi connectivity index (χ1) is 18.0. The van der Waals surface area contributed by atoms with Gasteiger partial charge in [-0.3, -0.25) is 9.78 Å². The van der Waals surface area contributed by atoms with Crippen molar-refractivity contribution >= 4 is 34.1 Å².